The number of benzene rings is 2. The summed E-state index contributed by atoms with van der Waals surface area (Å²) in [6.45, 7) is 4.02. The van der Waals surface area contributed by atoms with Crippen LogP contribution in [0.1, 0.15) is 59.7 Å². The fraction of sp³-hybridized carbons (Fsp3) is 0.368. The van der Waals surface area contributed by atoms with Crippen LogP contribution in [-0.4, -0.2) is 62.4 Å². The first-order valence-corrected chi connectivity index (χ1v) is 19.4. The van der Waals surface area contributed by atoms with E-state index < -0.39 is 44.5 Å². The van der Waals surface area contributed by atoms with E-state index in [1.54, 1.807) is 26.8 Å². The van der Waals surface area contributed by atoms with Crippen molar-refractivity contribution in [2.24, 2.45) is 5.92 Å². The average Bonchev–Trinajstić information content (AvgIpc) is 3.52. The third-order valence-corrected chi connectivity index (χ3v) is 13.2. The molecule has 13 nitrogen and oxygen atoms in total. The fourth-order valence-electron chi connectivity index (χ4n) is 7.55. The Morgan fingerprint density at radius 2 is 1.87 bits per heavy atom. The molecule has 3 N–H and O–H groups in total. The van der Waals surface area contributed by atoms with Gasteiger partial charge in [-0.25, -0.2) is 14.2 Å². The molecule has 0 saturated heterocycles. The van der Waals surface area contributed by atoms with Gasteiger partial charge in [0.1, 0.15) is 25.8 Å². The zero-order chi connectivity index (χ0) is 37.6. The van der Waals surface area contributed by atoms with Gasteiger partial charge in [-0.3, -0.25) is 23.4 Å². The third kappa shape index (κ3) is 6.52. The fourth-order valence-corrected chi connectivity index (χ4v) is 9.54. The number of carbonyl (C=O) groups excluding carboxylic acids is 4. The molecule has 2 aromatic heterocycles. The summed E-state index contributed by atoms with van der Waals surface area (Å²) in [6.07, 6.45) is 1.44. The Bertz CT molecular complexity index is 2310. The zero-order valence-electron chi connectivity index (χ0n) is 29.5. The van der Waals surface area contributed by atoms with E-state index in [1.807, 2.05) is 30.3 Å². The van der Waals surface area contributed by atoms with E-state index in [0.717, 1.165) is 11.1 Å². The highest BCUT2D eigenvalue weighted by molar-refractivity contribution is 8.16. The van der Waals surface area contributed by atoms with Crippen molar-refractivity contribution in [3.63, 3.8) is 0 Å². The van der Waals surface area contributed by atoms with Crippen LogP contribution in [0.3, 0.4) is 0 Å². The number of fused-ring (bicyclic) bond motifs is 5. The van der Waals surface area contributed by atoms with E-state index in [-0.39, 0.29) is 61.1 Å². The summed E-state index contributed by atoms with van der Waals surface area (Å²) in [7, 11) is -3.68. The summed E-state index contributed by atoms with van der Waals surface area (Å²) in [5.41, 5.74) is 4.49. The number of halogens is 1. The molecule has 278 valence electrons. The standard InChI is InChI=1S/C38H40FN5O8S/c1-4-53(50)30-14-29-35-24(16-44(29)37(48)25(30)17-52-38(53)49)34-27(11-10-23-21(3)26(39)13-28(43-35)33(23)34)42-32(46)18-51-19-41-31(45)15-40-36(47)20(2)12-22-8-6-5-7-9-22/h5-9,13-14,20,27,53H,4,10-12,15-19H2,1-3H3,(H,40,47)(H,41,45)(H,42,46)/t20-,27-/m0/s1. The summed E-state index contributed by atoms with van der Waals surface area (Å²) in [6, 6.07) is 12.0. The lowest BCUT2D eigenvalue weighted by Gasteiger charge is -2.29. The Hall–Kier alpha value is -5.28. The van der Waals surface area contributed by atoms with Crippen LogP contribution in [0.25, 0.3) is 22.3 Å². The summed E-state index contributed by atoms with van der Waals surface area (Å²) < 4.78 is 41.1. The van der Waals surface area contributed by atoms with Gasteiger partial charge in [-0.05, 0) is 54.5 Å². The number of thiol groups is 1. The van der Waals surface area contributed by atoms with Gasteiger partial charge in [-0.2, -0.15) is 0 Å². The lowest BCUT2D eigenvalue weighted by atomic mass is 9.81. The molecule has 7 rings (SSSR count). The van der Waals surface area contributed by atoms with Gasteiger partial charge in [-0.15, -0.1) is 0 Å². The number of nitrogens with one attached hydrogen (secondary N) is 3. The number of nitrogens with zero attached hydrogens (tertiary/aromatic N) is 2. The van der Waals surface area contributed by atoms with Crippen molar-refractivity contribution in [2.45, 2.75) is 64.1 Å². The number of hydrogen-bond acceptors (Lipinski definition) is 9. The molecule has 4 heterocycles. The van der Waals surface area contributed by atoms with Crippen molar-refractivity contribution in [3.8, 4) is 11.4 Å². The van der Waals surface area contributed by atoms with Crippen molar-refractivity contribution in [3.05, 3.63) is 92.0 Å². The van der Waals surface area contributed by atoms with E-state index in [0.29, 0.717) is 58.2 Å². The SMILES string of the molecule is CC[SH]1(=O)C(=O)OCc2c1cc1n(c2=O)Cc2c-1nc1cc(F)c(C)c3c1c2[C@@H](NC(=O)COCNC(=O)CNC(=O)[C@@H](C)Cc1ccccc1)CC3. The molecule has 1 aliphatic carbocycles. The lowest BCUT2D eigenvalue weighted by Crippen LogP contribution is -2.41. The third-order valence-electron chi connectivity index (χ3n) is 10.4. The van der Waals surface area contributed by atoms with Gasteiger partial charge in [-0.1, -0.05) is 44.2 Å². The van der Waals surface area contributed by atoms with Crippen LogP contribution in [0.15, 0.2) is 52.2 Å². The number of carbonyl (C=O) groups is 4. The quantitative estimate of drug-likeness (QED) is 0.0686. The molecule has 0 unspecified atom stereocenters. The first-order chi connectivity index (χ1) is 25.4. The molecule has 0 fully saturated rings. The van der Waals surface area contributed by atoms with Crippen molar-refractivity contribution in [1.29, 1.82) is 0 Å². The van der Waals surface area contributed by atoms with E-state index in [1.165, 1.54) is 10.6 Å². The van der Waals surface area contributed by atoms with Crippen LogP contribution in [0.5, 0.6) is 0 Å². The van der Waals surface area contributed by atoms with Crippen molar-refractivity contribution >= 4 is 43.9 Å². The number of ether oxygens (including phenoxy) is 2. The number of hydrogen-bond donors (Lipinski definition) is 4. The Balaban J connectivity index is 1.05. The maximum absolute atomic E-state index is 15.2. The molecule has 2 atom stereocenters. The number of amides is 3. The number of cyclic esters (lactones) is 1. The Morgan fingerprint density at radius 1 is 1.09 bits per heavy atom. The monoisotopic (exact) mass is 745 g/mol. The van der Waals surface area contributed by atoms with Crippen LogP contribution in [0.2, 0.25) is 0 Å². The maximum atomic E-state index is 15.2. The van der Waals surface area contributed by atoms with E-state index >= 15 is 4.39 Å². The molecular formula is C38H40FN5O8S. The molecule has 0 saturated carbocycles. The zero-order valence-corrected chi connectivity index (χ0v) is 30.4. The van der Waals surface area contributed by atoms with Gasteiger partial charge >= 0.3 is 5.30 Å². The second-order valence-corrected chi connectivity index (χ2v) is 16.6. The molecule has 0 radical (unpaired) electrons. The van der Waals surface area contributed by atoms with Crippen LogP contribution in [0.4, 0.5) is 9.18 Å². The minimum Gasteiger partial charge on any atom is -0.452 e. The van der Waals surface area contributed by atoms with E-state index in [2.05, 4.69) is 16.0 Å². The molecule has 0 bridgehead atoms. The lowest BCUT2D eigenvalue weighted by molar-refractivity contribution is -0.130. The predicted octanol–water partition coefficient (Wildman–Crippen LogP) is 3.11. The van der Waals surface area contributed by atoms with Crippen LogP contribution in [0, 0.1) is 18.7 Å². The van der Waals surface area contributed by atoms with Gasteiger partial charge in [0.2, 0.25) is 17.7 Å². The van der Waals surface area contributed by atoms with Crippen LogP contribution >= 0.6 is 0 Å². The van der Waals surface area contributed by atoms with Crippen molar-refractivity contribution in [2.75, 3.05) is 25.6 Å². The van der Waals surface area contributed by atoms with Gasteiger partial charge in [0.25, 0.3) is 5.56 Å². The van der Waals surface area contributed by atoms with E-state index in [9.17, 15) is 28.2 Å². The number of pyridine rings is 2. The first kappa shape index (κ1) is 36.1. The largest absolute Gasteiger partial charge is 0.452 e. The normalized spacial score (nSPS) is 17.5. The second kappa shape index (κ2) is 14.3. The molecule has 15 heteroatoms. The highest BCUT2D eigenvalue weighted by Crippen LogP contribution is 2.45. The number of aryl methyl sites for hydroxylation is 1. The van der Waals surface area contributed by atoms with E-state index in [4.69, 9.17) is 14.5 Å². The summed E-state index contributed by atoms with van der Waals surface area (Å²) in [5.74, 6) is -1.97. The average molecular weight is 746 g/mol. The Kier molecular flexibility index (Phi) is 9.72. The molecule has 3 amide bonds. The molecule has 2 aliphatic heterocycles. The minimum atomic E-state index is -3.68. The van der Waals surface area contributed by atoms with Gasteiger partial charge in [0.15, 0.2) is 0 Å². The van der Waals surface area contributed by atoms with Gasteiger partial charge < -0.3 is 30.0 Å². The molecule has 2 aromatic carbocycles. The van der Waals surface area contributed by atoms with Crippen molar-refractivity contribution < 1.29 is 37.3 Å². The first-order valence-electron chi connectivity index (χ1n) is 17.5. The number of aromatic nitrogens is 2. The number of rotatable bonds is 11. The minimum absolute atomic E-state index is 0.0102. The maximum Gasteiger partial charge on any atom is 0.378 e. The summed E-state index contributed by atoms with van der Waals surface area (Å²) >= 11 is 0. The predicted molar refractivity (Wildman–Crippen MR) is 194 cm³/mol. The molecule has 0 spiro atoms. The Morgan fingerprint density at radius 3 is 2.62 bits per heavy atom. The molecular weight excluding hydrogens is 706 g/mol. The highest BCUT2D eigenvalue weighted by atomic mass is 32.2. The molecule has 53 heavy (non-hydrogen) atoms. The summed E-state index contributed by atoms with van der Waals surface area (Å²) in [4.78, 5) is 69.4. The molecule has 4 aromatic rings. The topological polar surface area (TPSA) is 175 Å². The second-order valence-electron chi connectivity index (χ2n) is 13.7. The van der Waals surface area contributed by atoms with Crippen LogP contribution < -0.4 is 21.5 Å². The smallest absolute Gasteiger partial charge is 0.378 e. The summed E-state index contributed by atoms with van der Waals surface area (Å²) in [5, 5.41) is 8.03. The van der Waals surface area contributed by atoms with Crippen molar-refractivity contribution in [1.82, 2.24) is 25.5 Å². The molecule has 3 aliphatic rings. The Labute approximate surface area is 305 Å². The van der Waals surface area contributed by atoms with Gasteiger partial charge in [0.05, 0.1) is 41.6 Å². The highest BCUT2D eigenvalue weighted by Gasteiger charge is 2.40. The van der Waals surface area contributed by atoms with Gasteiger partial charge in [0, 0.05) is 43.5 Å². The van der Waals surface area contributed by atoms with Crippen LogP contribution in [-0.2, 0) is 59.8 Å².